The number of aliphatic hydroxyl groups excluding tert-OH is 3. The molecule has 3 nitrogen and oxygen atoms in total. The Morgan fingerprint density at radius 1 is 0.933 bits per heavy atom. The molecule has 0 amide bonds. The molecule has 4 aliphatic rings. The third-order valence-electron chi connectivity index (χ3n) is 11.3. The number of unbranched alkanes of at least 4 members (excludes halogenated alkanes) is 1. The summed E-state index contributed by atoms with van der Waals surface area (Å²) in [5.41, 5.74) is 0.100. The lowest BCUT2D eigenvalue weighted by atomic mass is 9.41. The van der Waals surface area contributed by atoms with Gasteiger partial charge in [-0.05, 0) is 90.8 Å². The van der Waals surface area contributed by atoms with E-state index >= 15 is 0 Å². The molecule has 0 bridgehead atoms. The quantitative estimate of drug-likeness (QED) is 0.557. The lowest BCUT2D eigenvalue weighted by Gasteiger charge is -2.65. The van der Waals surface area contributed by atoms with Gasteiger partial charge in [0, 0.05) is 0 Å². The van der Waals surface area contributed by atoms with Gasteiger partial charge in [0.2, 0.25) is 0 Å². The van der Waals surface area contributed by atoms with Crippen molar-refractivity contribution in [3.05, 3.63) is 0 Å². The Morgan fingerprint density at radius 3 is 2.33 bits per heavy atom. The lowest BCUT2D eigenvalue weighted by molar-refractivity contribution is -0.228. The summed E-state index contributed by atoms with van der Waals surface area (Å²) in [6, 6.07) is 0. The van der Waals surface area contributed by atoms with Crippen LogP contribution in [0, 0.1) is 52.3 Å². The second kappa shape index (κ2) is 8.34. The first-order valence-electron chi connectivity index (χ1n) is 13.2. The van der Waals surface area contributed by atoms with Crippen LogP contribution in [-0.4, -0.2) is 33.6 Å². The van der Waals surface area contributed by atoms with Crippen molar-refractivity contribution in [2.24, 2.45) is 52.3 Å². The topological polar surface area (TPSA) is 60.7 Å². The van der Waals surface area contributed by atoms with Crippen molar-refractivity contribution < 1.29 is 15.3 Å². The standard InChI is InChI=1S/C27H48O3/c1-6-8-9-16(3)19-10-11-20-24-22(15-23(29)27(19,20)5)26(4)13-12-17(28)14-21(26)18(7-2)25(24)30/h16-25,28-30H,6-15H2,1-5H3/t16-,17-,18-,19-,20?,21+,22?,23+,24+,25-,26+,27-/m1/s1. The van der Waals surface area contributed by atoms with E-state index in [9.17, 15) is 15.3 Å². The van der Waals surface area contributed by atoms with Gasteiger partial charge in [-0.1, -0.05) is 60.3 Å². The fourth-order valence-electron chi connectivity index (χ4n) is 9.62. The molecule has 12 atom stereocenters. The predicted molar refractivity (Wildman–Crippen MR) is 122 cm³/mol. The van der Waals surface area contributed by atoms with E-state index in [0.717, 1.165) is 32.1 Å². The van der Waals surface area contributed by atoms with E-state index in [4.69, 9.17) is 0 Å². The van der Waals surface area contributed by atoms with Gasteiger partial charge in [-0.15, -0.1) is 0 Å². The van der Waals surface area contributed by atoms with Crippen molar-refractivity contribution in [2.75, 3.05) is 0 Å². The van der Waals surface area contributed by atoms with E-state index in [1.807, 2.05) is 0 Å². The van der Waals surface area contributed by atoms with Crippen molar-refractivity contribution >= 4 is 0 Å². The summed E-state index contributed by atoms with van der Waals surface area (Å²) < 4.78 is 0. The summed E-state index contributed by atoms with van der Waals surface area (Å²) in [4.78, 5) is 0. The minimum absolute atomic E-state index is 0.0506. The van der Waals surface area contributed by atoms with E-state index in [1.165, 1.54) is 32.1 Å². The largest absolute Gasteiger partial charge is 0.393 e. The highest BCUT2D eigenvalue weighted by molar-refractivity contribution is 5.15. The first kappa shape index (κ1) is 23.1. The molecule has 4 saturated carbocycles. The first-order chi connectivity index (χ1) is 14.2. The van der Waals surface area contributed by atoms with Crippen LogP contribution in [-0.2, 0) is 0 Å². The molecule has 0 radical (unpaired) electrons. The molecule has 30 heavy (non-hydrogen) atoms. The summed E-state index contributed by atoms with van der Waals surface area (Å²) in [5, 5.41) is 33.8. The summed E-state index contributed by atoms with van der Waals surface area (Å²) in [6.07, 6.45) is 10.1. The maximum Gasteiger partial charge on any atom is 0.0605 e. The number of fused-ring (bicyclic) bond motifs is 5. The SMILES string of the molecule is CCCC[C@@H](C)[C@H]1CCC2[C@H]3C(C[C@H](O)[C@@]21C)[C@@]1(C)CC[C@@H](O)C[C@H]1[C@@H](CC)[C@H]3O. The highest BCUT2D eigenvalue weighted by atomic mass is 16.3. The van der Waals surface area contributed by atoms with Crippen molar-refractivity contribution in [1.29, 1.82) is 0 Å². The Morgan fingerprint density at radius 2 is 1.67 bits per heavy atom. The van der Waals surface area contributed by atoms with Gasteiger partial charge in [0.25, 0.3) is 0 Å². The zero-order valence-corrected chi connectivity index (χ0v) is 20.2. The van der Waals surface area contributed by atoms with Gasteiger partial charge in [-0.2, -0.15) is 0 Å². The number of aliphatic hydroxyl groups is 3. The third kappa shape index (κ3) is 3.24. The summed E-state index contributed by atoms with van der Waals surface area (Å²) >= 11 is 0. The maximum absolute atomic E-state index is 11.8. The van der Waals surface area contributed by atoms with Crippen LogP contribution in [0.1, 0.15) is 98.8 Å². The molecule has 0 aromatic rings. The van der Waals surface area contributed by atoms with Crippen molar-refractivity contribution in [3.63, 3.8) is 0 Å². The van der Waals surface area contributed by atoms with Gasteiger partial charge < -0.3 is 15.3 Å². The molecular formula is C27H48O3. The van der Waals surface area contributed by atoms with Crippen LogP contribution in [0.4, 0.5) is 0 Å². The zero-order chi connectivity index (χ0) is 21.8. The molecule has 174 valence electrons. The molecule has 0 aromatic carbocycles. The van der Waals surface area contributed by atoms with Gasteiger partial charge in [0.1, 0.15) is 0 Å². The summed E-state index contributed by atoms with van der Waals surface area (Å²) in [6.45, 7) is 11.7. The predicted octanol–water partition coefficient (Wildman–Crippen LogP) is 5.41. The van der Waals surface area contributed by atoms with Crippen LogP contribution in [0.3, 0.4) is 0 Å². The Bertz CT molecular complexity index is 607. The fraction of sp³-hybridized carbons (Fsp3) is 1.00. The molecule has 3 heteroatoms. The van der Waals surface area contributed by atoms with Gasteiger partial charge in [-0.3, -0.25) is 0 Å². The molecule has 3 N–H and O–H groups in total. The van der Waals surface area contributed by atoms with E-state index in [-0.39, 0.29) is 29.1 Å². The van der Waals surface area contributed by atoms with Crippen LogP contribution in [0.15, 0.2) is 0 Å². The van der Waals surface area contributed by atoms with Crippen LogP contribution < -0.4 is 0 Å². The average molecular weight is 421 g/mol. The number of hydrogen-bond donors (Lipinski definition) is 3. The van der Waals surface area contributed by atoms with Gasteiger partial charge in [0.15, 0.2) is 0 Å². The number of hydrogen-bond acceptors (Lipinski definition) is 3. The molecule has 4 aliphatic carbocycles. The van der Waals surface area contributed by atoms with E-state index in [2.05, 4.69) is 34.6 Å². The molecule has 0 aromatic heterocycles. The Balaban J connectivity index is 1.68. The van der Waals surface area contributed by atoms with Crippen LogP contribution in [0.2, 0.25) is 0 Å². The molecule has 0 heterocycles. The highest BCUT2D eigenvalue weighted by Crippen LogP contribution is 2.69. The summed E-state index contributed by atoms with van der Waals surface area (Å²) in [7, 11) is 0. The smallest absolute Gasteiger partial charge is 0.0605 e. The van der Waals surface area contributed by atoms with Crippen molar-refractivity contribution in [1.82, 2.24) is 0 Å². The molecule has 0 saturated heterocycles. The first-order valence-corrected chi connectivity index (χ1v) is 13.2. The Kier molecular flexibility index (Phi) is 6.41. The van der Waals surface area contributed by atoms with Crippen molar-refractivity contribution in [2.45, 2.75) is 117 Å². The maximum atomic E-state index is 11.8. The third-order valence-corrected chi connectivity index (χ3v) is 11.3. The van der Waals surface area contributed by atoms with Crippen LogP contribution >= 0.6 is 0 Å². The molecular weight excluding hydrogens is 372 g/mol. The van der Waals surface area contributed by atoms with Gasteiger partial charge in [-0.25, -0.2) is 0 Å². The highest BCUT2D eigenvalue weighted by Gasteiger charge is 2.67. The molecule has 4 rings (SSSR count). The number of rotatable bonds is 5. The minimum Gasteiger partial charge on any atom is -0.393 e. The second-order valence-corrected chi connectivity index (χ2v) is 12.3. The zero-order valence-electron chi connectivity index (χ0n) is 20.2. The van der Waals surface area contributed by atoms with Gasteiger partial charge >= 0.3 is 0 Å². The van der Waals surface area contributed by atoms with Crippen LogP contribution in [0.25, 0.3) is 0 Å². The second-order valence-electron chi connectivity index (χ2n) is 12.3. The lowest BCUT2D eigenvalue weighted by Crippen LogP contribution is -2.65. The monoisotopic (exact) mass is 420 g/mol. The molecule has 2 unspecified atom stereocenters. The van der Waals surface area contributed by atoms with Gasteiger partial charge in [0.05, 0.1) is 18.3 Å². The van der Waals surface area contributed by atoms with Crippen LogP contribution in [0.5, 0.6) is 0 Å². The Labute approximate surface area is 185 Å². The fourth-order valence-corrected chi connectivity index (χ4v) is 9.62. The normalized spacial score (nSPS) is 54.2. The van der Waals surface area contributed by atoms with Crippen molar-refractivity contribution in [3.8, 4) is 0 Å². The molecule has 4 fully saturated rings. The Hall–Kier alpha value is -0.120. The average Bonchev–Trinajstić information content (AvgIpc) is 3.07. The molecule has 0 spiro atoms. The summed E-state index contributed by atoms with van der Waals surface area (Å²) in [5.74, 6) is 3.07. The minimum atomic E-state index is -0.273. The van der Waals surface area contributed by atoms with E-state index in [0.29, 0.717) is 41.4 Å². The molecule has 0 aliphatic heterocycles. The van der Waals surface area contributed by atoms with E-state index in [1.54, 1.807) is 0 Å². The van der Waals surface area contributed by atoms with E-state index < -0.39 is 0 Å².